The van der Waals surface area contributed by atoms with Gasteiger partial charge in [-0.3, -0.25) is 0 Å². The number of rotatable bonds is 5. The fourth-order valence-corrected chi connectivity index (χ4v) is 3.27. The monoisotopic (exact) mass is 413 g/mol. The number of hydrogen-bond acceptors (Lipinski definition) is 5. The summed E-state index contributed by atoms with van der Waals surface area (Å²) in [5.41, 5.74) is 5.21. The molecule has 156 valence electrons. The molecule has 0 unspecified atom stereocenters. The Labute approximate surface area is 180 Å². The summed E-state index contributed by atoms with van der Waals surface area (Å²) in [5.74, 6) is 1.15. The number of nitrogens with one attached hydrogen (secondary N) is 3. The molecule has 2 amide bonds. The predicted octanol–water partition coefficient (Wildman–Crippen LogP) is 5.64. The number of aryl methyl sites for hydroxylation is 1. The zero-order chi connectivity index (χ0) is 21.8. The maximum Gasteiger partial charge on any atom is 0.323 e. The number of benzene rings is 3. The minimum Gasteiger partial charge on any atom is -0.494 e. The Kier molecular flexibility index (Phi) is 5.66. The van der Waals surface area contributed by atoms with Crippen LogP contribution in [-0.2, 0) is 0 Å². The lowest BCUT2D eigenvalue weighted by atomic mass is 10.1. The first-order chi connectivity index (χ1) is 15.0. The summed E-state index contributed by atoms with van der Waals surface area (Å²) >= 11 is 0. The van der Waals surface area contributed by atoms with Crippen LogP contribution in [0, 0.1) is 13.8 Å². The van der Waals surface area contributed by atoms with Crippen LogP contribution in [0.15, 0.2) is 67.0 Å². The highest BCUT2D eigenvalue weighted by atomic mass is 16.5. The molecule has 7 nitrogen and oxygen atoms in total. The van der Waals surface area contributed by atoms with Crippen LogP contribution in [0.1, 0.15) is 11.1 Å². The maximum atomic E-state index is 12.5. The van der Waals surface area contributed by atoms with Gasteiger partial charge in [0, 0.05) is 22.8 Å². The van der Waals surface area contributed by atoms with Gasteiger partial charge in [0.25, 0.3) is 0 Å². The van der Waals surface area contributed by atoms with E-state index in [1.54, 1.807) is 13.2 Å². The van der Waals surface area contributed by atoms with Crippen LogP contribution in [0.2, 0.25) is 0 Å². The molecule has 0 radical (unpaired) electrons. The van der Waals surface area contributed by atoms with Gasteiger partial charge in [-0.05, 0) is 49.2 Å². The first-order valence-electron chi connectivity index (χ1n) is 9.84. The first-order valence-corrected chi connectivity index (χ1v) is 9.84. The minimum atomic E-state index is -0.371. The Balaban J connectivity index is 1.68. The first kappa shape index (κ1) is 20.2. The number of amides is 2. The van der Waals surface area contributed by atoms with E-state index in [1.165, 1.54) is 11.9 Å². The fraction of sp³-hybridized carbons (Fsp3) is 0.125. The Morgan fingerprint density at radius 2 is 1.71 bits per heavy atom. The number of urea groups is 1. The Hall–Kier alpha value is -4.13. The molecule has 0 saturated heterocycles. The molecule has 4 rings (SSSR count). The second kappa shape index (κ2) is 8.71. The number of para-hydroxylation sites is 1. The number of aromatic nitrogens is 2. The van der Waals surface area contributed by atoms with Crippen LogP contribution < -0.4 is 20.7 Å². The van der Waals surface area contributed by atoms with Gasteiger partial charge in [-0.25, -0.2) is 14.8 Å². The third-order valence-corrected chi connectivity index (χ3v) is 5.09. The SMILES string of the molecule is COc1cc2ncnc(Nc3cccc(C)c3C)c2cc1NC(=O)Nc1ccccc1. The lowest BCUT2D eigenvalue weighted by Gasteiger charge is -2.15. The topological polar surface area (TPSA) is 88.2 Å². The standard InChI is InChI=1S/C24H23N5O2/c1-15-8-7-11-19(16(15)2)28-23-18-12-21(22(31-3)13-20(18)25-14-26-23)29-24(30)27-17-9-5-4-6-10-17/h4-14H,1-3H3,(H,25,26,28)(H2,27,29,30). The van der Waals surface area contributed by atoms with Crippen molar-refractivity contribution in [2.45, 2.75) is 13.8 Å². The average molecular weight is 413 g/mol. The predicted molar refractivity (Wildman–Crippen MR) is 124 cm³/mol. The van der Waals surface area contributed by atoms with Crippen molar-refractivity contribution in [3.63, 3.8) is 0 Å². The van der Waals surface area contributed by atoms with Gasteiger partial charge in [0.2, 0.25) is 0 Å². The van der Waals surface area contributed by atoms with Gasteiger partial charge >= 0.3 is 6.03 Å². The number of carbonyl (C=O) groups is 1. The molecule has 31 heavy (non-hydrogen) atoms. The van der Waals surface area contributed by atoms with Crippen molar-refractivity contribution in [1.29, 1.82) is 0 Å². The van der Waals surface area contributed by atoms with Crippen molar-refractivity contribution in [2.75, 3.05) is 23.1 Å². The second-order valence-corrected chi connectivity index (χ2v) is 7.11. The molecular formula is C24H23N5O2. The van der Waals surface area contributed by atoms with Gasteiger partial charge in [-0.1, -0.05) is 30.3 Å². The molecular weight excluding hydrogens is 390 g/mol. The molecule has 0 aliphatic rings. The highest BCUT2D eigenvalue weighted by Crippen LogP contribution is 2.33. The van der Waals surface area contributed by atoms with Crippen molar-refractivity contribution >= 4 is 39.8 Å². The molecule has 3 N–H and O–H groups in total. The molecule has 3 aromatic carbocycles. The summed E-state index contributed by atoms with van der Waals surface area (Å²) in [6, 6.07) is 18.5. The molecule has 0 bridgehead atoms. The van der Waals surface area contributed by atoms with Crippen molar-refractivity contribution in [1.82, 2.24) is 9.97 Å². The molecule has 0 aliphatic heterocycles. The molecule has 1 heterocycles. The van der Waals surface area contributed by atoms with Crippen molar-refractivity contribution in [3.8, 4) is 5.75 Å². The van der Waals surface area contributed by atoms with Gasteiger partial charge in [-0.2, -0.15) is 0 Å². The van der Waals surface area contributed by atoms with E-state index >= 15 is 0 Å². The third kappa shape index (κ3) is 4.40. The molecule has 0 aliphatic carbocycles. The molecule has 4 aromatic rings. The zero-order valence-corrected chi connectivity index (χ0v) is 17.6. The summed E-state index contributed by atoms with van der Waals surface area (Å²) in [6.45, 7) is 4.13. The summed E-state index contributed by atoms with van der Waals surface area (Å²) in [6.07, 6.45) is 1.50. The average Bonchev–Trinajstić information content (AvgIpc) is 2.77. The Morgan fingerprint density at radius 1 is 0.903 bits per heavy atom. The lowest BCUT2D eigenvalue weighted by Crippen LogP contribution is -2.19. The van der Waals surface area contributed by atoms with Crippen molar-refractivity contribution in [3.05, 3.63) is 78.1 Å². The summed E-state index contributed by atoms with van der Waals surface area (Å²) in [5, 5.41) is 9.82. The Morgan fingerprint density at radius 3 is 2.48 bits per heavy atom. The van der Waals surface area contributed by atoms with E-state index < -0.39 is 0 Å². The summed E-state index contributed by atoms with van der Waals surface area (Å²) in [7, 11) is 1.55. The fourth-order valence-electron chi connectivity index (χ4n) is 3.27. The van der Waals surface area contributed by atoms with E-state index in [0.29, 0.717) is 28.5 Å². The number of fused-ring (bicyclic) bond motifs is 1. The highest BCUT2D eigenvalue weighted by molar-refractivity contribution is 6.03. The quantitative estimate of drug-likeness (QED) is 0.394. The smallest absolute Gasteiger partial charge is 0.323 e. The molecule has 7 heteroatoms. The maximum absolute atomic E-state index is 12.5. The van der Waals surface area contributed by atoms with Gasteiger partial charge in [0.1, 0.15) is 17.9 Å². The van der Waals surface area contributed by atoms with E-state index in [0.717, 1.165) is 16.6 Å². The van der Waals surface area contributed by atoms with Crippen LogP contribution in [0.5, 0.6) is 5.75 Å². The molecule has 0 fully saturated rings. The molecule has 0 saturated carbocycles. The number of ether oxygens (including phenoxy) is 1. The Bertz CT molecular complexity index is 1240. The van der Waals surface area contributed by atoms with Crippen LogP contribution in [0.25, 0.3) is 10.9 Å². The van der Waals surface area contributed by atoms with Gasteiger partial charge in [0.15, 0.2) is 0 Å². The van der Waals surface area contributed by atoms with Crippen LogP contribution in [-0.4, -0.2) is 23.1 Å². The van der Waals surface area contributed by atoms with E-state index in [1.807, 2.05) is 48.5 Å². The lowest BCUT2D eigenvalue weighted by molar-refractivity contribution is 0.262. The van der Waals surface area contributed by atoms with E-state index in [-0.39, 0.29) is 6.03 Å². The van der Waals surface area contributed by atoms with E-state index in [2.05, 4.69) is 45.8 Å². The van der Waals surface area contributed by atoms with Crippen molar-refractivity contribution in [2.24, 2.45) is 0 Å². The molecule has 0 spiro atoms. The van der Waals surface area contributed by atoms with Crippen LogP contribution >= 0.6 is 0 Å². The number of carbonyl (C=O) groups excluding carboxylic acids is 1. The highest BCUT2D eigenvalue weighted by Gasteiger charge is 2.14. The number of nitrogens with zero attached hydrogens (tertiary/aromatic N) is 2. The molecule has 0 atom stereocenters. The van der Waals surface area contributed by atoms with Crippen LogP contribution in [0.4, 0.5) is 27.7 Å². The number of anilines is 4. The van der Waals surface area contributed by atoms with Gasteiger partial charge in [-0.15, -0.1) is 0 Å². The van der Waals surface area contributed by atoms with E-state index in [4.69, 9.17) is 4.74 Å². The van der Waals surface area contributed by atoms with E-state index in [9.17, 15) is 4.79 Å². The number of methoxy groups -OCH3 is 1. The normalized spacial score (nSPS) is 10.5. The summed E-state index contributed by atoms with van der Waals surface area (Å²) < 4.78 is 5.47. The van der Waals surface area contributed by atoms with Gasteiger partial charge < -0.3 is 20.7 Å². The largest absolute Gasteiger partial charge is 0.494 e. The number of hydrogen-bond donors (Lipinski definition) is 3. The van der Waals surface area contributed by atoms with Gasteiger partial charge in [0.05, 0.1) is 18.3 Å². The zero-order valence-electron chi connectivity index (χ0n) is 17.6. The molecule has 1 aromatic heterocycles. The minimum absolute atomic E-state index is 0.371. The van der Waals surface area contributed by atoms with Crippen molar-refractivity contribution < 1.29 is 9.53 Å². The third-order valence-electron chi connectivity index (χ3n) is 5.09. The van der Waals surface area contributed by atoms with Crippen LogP contribution in [0.3, 0.4) is 0 Å². The second-order valence-electron chi connectivity index (χ2n) is 7.11. The summed E-state index contributed by atoms with van der Waals surface area (Å²) in [4.78, 5) is 21.3.